The molecule has 1 aromatic carbocycles. The maximum atomic E-state index is 12.2. The summed E-state index contributed by atoms with van der Waals surface area (Å²) in [7, 11) is 0. The largest absolute Gasteiger partial charge is 0.456 e. The molecule has 4 rings (SSSR count). The number of rotatable bonds is 7. The van der Waals surface area contributed by atoms with Gasteiger partial charge in [-0.1, -0.05) is 12.1 Å². The predicted octanol–water partition coefficient (Wildman–Crippen LogP) is 1.69. The summed E-state index contributed by atoms with van der Waals surface area (Å²) in [5, 5.41) is 3.49. The Balaban J connectivity index is 1.31. The summed E-state index contributed by atoms with van der Waals surface area (Å²) in [6, 6.07) is 6.91. The number of H-pyrrole nitrogens is 1. The van der Waals surface area contributed by atoms with Crippen LogP contribution in [0.5, 0.6) is 0 Å². The van der Waals surface area contributed by atoms with E-state index < -0.39 is 24.4 Å². The molecule has 10 heteroatoms. The van der Waals surface area contributed by atoms with E-state index in [-0.39, 0.29) is 18.4 Å². The molecule has 2 amide bonds. The van der Waals surface area contributed by atoms with E-state index in [1.54, 1.807) is 24.3 Å². The van der Waals surface area contributed by atoms with Gasteiger partial charge >= 0.3 is 5.97 Å². The number of nitrogens with one attached hydrogen (secondary N) is 2. The number of fused-ring (bicyclic) bond motifs is 2. The van der Waals surface area contributed by atoms with Crippen LogP contribution < -0.4 is 16.6 Å². The number of thiophene rings is 1. The summed E-state index contributed by atoms with van der Waals surface area (Å²) in [5.74, 6) is -1.37. The van der Waals surface area contributed by atoms with Gasteiger partial charge in [-0.2, -0.15) is 0 Å². The number of carbonyl (C=O) groups is 3. The minimum atomic E-state index is -0.602. The zero-order valence-electron chi connectivity index (χ0n) is 16.5. The number of aromatic nitrogens is 2. The lowest BCUT2D eigenvalue weighted by Crippen LogP contribution is -2.23. The third kappa shape index (κ3) is 4.48. The first-order valence-electron chi connectivity index (χ1n) is 9.80. The Morgan fingerprint density at radius 1 is 1.23 bits per heavy atom. The van der Waals surface area contributed by atoms with Crippen molar-refractivity contribution in [1.82, 2.24) is 9.97 Å². The number of ether oxygens (including phenoxy) is 1. The second-order valence-corrected chi connectivity index (χ2v) is 8.27. The molecule has 160 valence electrons. The van der Waals surface area contributed by atoms with Gasteiger partial charge in [-0.05, 0) is 37.0 Å². The zero-order chi connectivity index (χ0) is 22.0. The number of aromatic amines is 1. The number of esters is 1. The molecule has 0 aliphatic heterocycles. The van der Waals surface area contributed by atoms with Crippen LogP contribution in [0.25, 0.3) is 10.9 Å². The third-order valence-corrected chi connectivity index (χ3v) is 6.22. The minimum Gasteiger partial charge on any atom is -0.456 e. The highest BCUT2D eigenvalue weighted by Gasteiger charge is 2.26. The highest BCUT2D eigenvalue weighted by Crippen LogP contribution is 2.38. The first-order valence-corrected chi connectivity index (χ1v) is 10.6. The molecule has 31 heavy (non-hydrogen) atoms. The van der Waals surface area contributed by atoms with Gasteiger partial charge < -0.3 is 20.8 Å². The number of para-hydroxylation sites is 1. The fraction of sp³-hybridized carbons (Fsp3) is 0.286. The monoisotopic (exact) mass is 440 g/mol. The molecule has 1 aliphatic carbocycles. The highest BCUT2D eigenvalue weighted by atomic mass is 32.1. The van der Waals surface area contributed by atoms with Crippen molar-refractivity contribution in [2.24, 2.45) is 5.73 Å². The third-order valence-electron chi connectivity index (χ3n) is 5.01. The lowest BCUT2D eigenvalue weighted by atomic mass is 10.1. The van der Waals surface area contributed by atoms with Gasteiger partial charge in [0.15, 0.2) is 6.61 Å². The Morgan fingerprint density at radius 3 is 2.84 bits per heavy atom. The van der Waals surface area contributed by atoms with Crippen molar-refractivity contribution in [2.75, 3.05) is 11.9 Å². The number of hydrogen-bond donors (Lipinski definition) is 3. The van der Waals surface area contributed by atoms with Crippen molar-refractivity contribution >= 4 is 45.0 Å². The van der Waals surface area contributed by atoms with Gasteiger partial charge in [-0.3, -0.25) is 19.2 Å². The van der Waals surface area contributed by atoms with Gasteiger partial charge in [0.05, 0.1) is 22.9 Å². The number of nitrogens with two attached hydrogens (primary N) is 1. The van der Waals surface area contributed by atoms with Gasteiger partial charge in [-0.25, -0.2) is 4.98 Å². The Kier molecular flexibility index (Phi) is 5.81. The second-order valence-electron chi connectivity index (χ2n) is 7.16. The number of aryl methyl sites for hydroxylation is 2. The standard InChI is InChI=1S/C21H20N4O5S/c22-19(28)18-12-5-3-7-14(12)31-21(18)25-16(26)10-30-17(27)9-8-15-23-13-6-2-1-4-11(13)20(29)24-15/h1-2,4,6H,3,5,7-10H2,(H2,22,28)(H,25,26)(H,23,24,29). The van der Waals surface area contributed by atoms with Crippen LogP contribution in [-0.4, -0.2) is 34.4 Å². The van der Waals surface area contributed by atoms with E-state index in [0.29, 0.717) is 27.3 Å². The van der Waals surface area contributed by atoms with Gasteiger partial charge in [0.1, 0.15) is 10.8 Å². The van der Waals surface area contributed by atoms with E-state index in [4.69, 9.17) is 10.5 Å². The quantitative estimate of drug-likeness (QED) is 0.477. The van der Waals surface area contributed by atoms with E-state index >= 15 is 0 Å². The molecule has 0 fully saturated rings. The van der Waals surface area contributed by atoms with Crippen LogP contribution in [0.2, 0.25) is 0 Å². The molecule has 9 nitrogen and oxygen atoms in total. The fourth-order valence-electron chi connectivity index (χ4n) is 3.61. The van der Waals surface area contributed by atoms with E-state index in [0.717, 1.165) is 29.7 Å². The first-order chi connectivity index (χ1) is 14.9. The molecule has 0 unspecified atom stereocenters. The summed E-state index contributed by atoms with van der Waals surface area (Å²) in [5.41, 5.74) is 6.99. The van der Waals surface area contributed by atoms with Gasteiger partial charge in [0, 0.05) is 11.3 Å². The molecular weight excluding hydrogens is 420 g/mol. The van der Waals surface area contributed by atoms with Gasteiger partial charge in [0.2, 0.25) is 0 Å². The molecule has 0 bridgehead atoms. The zero-order valence-corrected chi connectivity index (χ0v) is 17.3. The first kappa shape index (κ1) is 20.7. The molecule has 0 spiro atoms. The molecule has 2 aromatic heterocycles. The maximum absolute atomic E-state index is 12.2. The Bertz CT molecular complexity index is 1250. The summed E-state index contributed by atoms with van der Waals surface area (Å²) >= 11 is 1.33. The summed E-state index contributed by atoms with van der Waals surface area (Å²) in [4.78, 5) is 56.1. The lowest BCUT2D eigenvalue weighted by Gasteiger charge is -2.07. The van der Waals surface area contributed by atoms with Crippen LogP contribution in [0.15, 0.2) is 29.1 Å². The van der Waals surface area contributed by atoms with Crippen molar-refractivity contribution in [1.29, 1.82) is 0 Å². The number of amides is 2. The van der Waals surface area contributed by atoms with Crippen molar-refractivity contribution in [3.05, 3.63) is 56.4 Å². The molecule has 4 N–H and O–H groups in total. The number of carbonyl (C=O) groups excluding carboxylic acids is 3. The number of benzene rings is 1. The molecule has 1 aliphatic rings. The van der Waals surface area contributed by atoms with E-state index in [2.05, 4.69) is 15.3 Å². The normalized spacial score (nSPS) is 12.5. The van der Waals surface area contributed by atoms with Crippen LogP contribution in [-0.2, 0) is 33.6 Å². The smallest absolute Gasteiger partial charge is 0.306 e. The molecule has 0 saturated carbocycles. The summed E-state index contributed by atoms with van der Waals surface area (Å²) in [6.45, 7) is -0.485. The van der Waals surface area contributed by atoms with E-state index in [1.165, 1.54) is 11.3 Å². The van der Waals surface area contributed by atoms with Crippen molar-refractivity contribution in [2.45, 2.75) is 32.1 Å². The minimum absolute atomic E-state index is 0.0472. The van der Waals surface area contributed by atoms with Crippen molar-refractivity contribution < 1.29 is 19.1 Å². The molecule has 3 aromatic rings. The SMILES string of the molecule is NC(=O)c1c(NC(=O)COC(=O)CCc2nc3ccccc3c(=O)[nH]2)sc2c1CCC2. The summed E-state index contributed by atoms with van der Waals surface area (Å²) < 4.78 is 5.01. The second kappa shape index (κ2) is 8.68. The predicted molar refractivity (Wildman–Crippen MR) is 115 cm³/mol. The number of hydrogen-bond acceptors (Lipinski definition) is 7. The Labute approximate surface area is 180 Å². The maximum Gasteiger partial charge on any atom is 0.306 e. The topological polar surface area (TPSA) is 144 Å². The van der Waals surface area contributed by atoms with Crippen LogP contribution >= 0.6 is 11.3 Å². The number of nitrogens with zero attached hydrogens (tertiary/aromatic N) is 1. The average Bonchev–Trinajstić information content (AvgIpc) is 3.31. The highest BCUT2D eigenvalue weighted by molar-refractivity contribution is 7.17. The van der Waals surface area contributed by atoms with Gasteiger partial charge in [0.25, 0.3) is 17.4 Å². The van der Waals surface area contributed by atoms with E-state index in [1.807, 2.05) is 0 Å². The van der Waals surface area contributed by atoms with Crippen molar-refractivity contribution in [3.8, 4) is 0 Å². The molecular formula is C21H20N4O5S. The average molecular weight is 440 g/mol. The van der Waals surface area contributed by atoms with Crippen LogP contribution in [0.4, 0.5) is 5.00 Å². The summed E-state index contributed by atoms with van der Waals surface area (Å²) in [6.07, 6.45) is 2.71. The van der Waals surface area contributed by atoms with E-state index in [9.17, 15) is 19.2 Å². The number of anilines is 1. The fourth-order valence-corrected chi connectivity index (χ4v) is 4.92. The van der Waals surface area contributed by atoms with Crippen molar-refractivity contribution in [3.63, 3.8) is 0 Å². The Morgan fingerprint density at radius 2 is 2.03 bits per heavy atom. The lowest BCUT2D eigenvalue weighted by molar-refractivity contribution is -0.147. The molecule has 0 saturated heterocycles. The molecule has 0 radical (unpaired) electrons. The number of primary amides is 1. The van der Waals surface area contributed by atoms with Crippen LogP contribution in [0.3, 0.4) is 0 Å². The molecule has 2 heterocycles. The molecule has 0 atom stereocenters. The Hall–Kier alpha value is -3.53. The van der Waals surface area contributed by atoms with Crippen LogP contribution in [0.1, 0.15) is 39.5 Å². The van der Waals surface area contributed by atoms with Gasteiger partial charge in [-0.15, -0.1) is 11.3 Å². The van der Waals surface area contributed by atoms with Crippen LogP contribution in [0, 0.1) is 0 Å².